The molecule has 0 aliphatic carbocycles. The maximum Gasteiger partial charge on any atom is 0.289 e. The second-order valence-corrected chi connectivity index (χ2v) is 8.34. The van der Waals surface area contributed by atoms with E-state index in [-0.39, 0.29) is 17.6 Å². The lowest BCUT2D eigenvalue weighted by molar-refractivity contribution is 0.0676. The van der Waals surface area contributed by atoms with Crippen molar-refractivity contribution in [2.45, 2.75) is 18.8 Å². The number of piperidine rings is 1. The van der Waals surface area contributed by atoms with Crippen LogP contribution in [0.2, 0.25) is 0 Å². The van der Waals surface area contributed by atoms with Crippen LogP contribution in [0.1, 0.15) is 34.3 Å². The fourth-order valence-corrected chi connectivity index (χ4v) is 4.90. The molecule has 1 fully saturated rings. The molecule has 1 atom stereocenters. The molecule has 4 nitrogen and oxygen atoms in total. The number of rotatable bonds is 3. The van der Waals surface area contributed by atoms with E-state index in [1.165, 1.54) is 16.8 Å². The number of hydrogen-bond donors (Lipinski definition) is 0. The highest BCUT2D eigenvalue weighted by Crippen LogP contribution is 2.33. The number of para-hydroxylation sites is 1. The topological polar surface area (TPSA) is 46.3 Å². The van der Waals surface area contributed by atoms with Gasteiger partial charge in [-0.3, -0.25) is 4.79 Å². The Hall–Kier alpha value is -2.99. The van der Waals surface area contributed by atoms with E-state index in [1.807, 2.05) is 23.1 Å². The number of hydrogen-bond acceptors (Lipinski definition) is 4. The monoisotopic (exact) mass is 406 g/mol. The summed E-state index contributed by atoms with van der Waals surface area (Å²) in [5.74, 6) is 0.717. The van der Waals surface area contributed by atoms with E-state index in [4.69, 9.17) is 9.40 Å². The molecule has 4 aromatic rings. The van der Waals surface area contributed by atoms with Crippen LogP contribution in [-0.4, -0.2) is 28.9 Å². The van der Waals surface area contributed by atoms with Crippen LogP contribution in [0.4, 0.5) is 4.39 Å². The Morgan fingerprint density at radius 3 is 2.76 bits per heavy atom. The first-order valence-electron chi connectivity index (χ1n) is 9.68. The minimum atomic E-state index is -0.300. The molecule has 1 saturated heterocycles. The summed E-state index contributed by atoms with van der Waals surface area (Å²) in [5.41, 5.74) is 1.77. The molecule has 6 heteroatoms. The molecule has 1 amide bonds. The second kappa shape index (κ2) is 7.44. The van der Waals surface area contributed by atoms with Gasteiger partial charge in [0.15, 0.2) is 5.76 Å². The first kappa shape index (κ1) is 18.1. The van der Waals surface area contributed by atoms with Gasteiger partial charge in [0.1, 0.15) is 11.6 Å². The maximum atomic E-state index is 13.1. The van der Waals surface area contributed by atoms with Crippen molar-refractivity contribution in [3.8, 4) is 11.3 Å². The molecule has 0 unspecified atom stereocenters. The predicted octanol–water partition coefficient (Wildman–Crippen LogP) is 5.72. The van der Waals surface area contributed by atoms with Gasteiger partial charge >= 0.3 is 0 Å². The van der Waals surface area contributed by atoms with Crippen molar-refractivity contribution in [1.82, 2.24) is 9.88 Å². The van der Waals surface area contributed by atoms with Crippen LogP contribution < -0.4 is 0 Å². The molecule has 0 N–H and O–H groups in total. The van der Waals surface area contributed by atoms with Gasteiger partial charge in [-0.2, -0.15) is 0 Å². The molecule has 3 heterocycles. The first-order valence-corrected chi connectivity index (χ1v) is 10.5. The number of likely N-dealkylation sites (tertiary alicyclic amines) is 1. The van der Waals surface area contributed by atoms with Crippen LogP contribution >= 0.6 is 11.3 Å². The lowest BCUT2D eigenvalue weighted by Gasteiger charge is -2.31. The maximum absolute atomic E-state index is 13.1. The molecule has 146 valence electrons. The summed E-state index contributed by atoms with van der Waals surface area (Å²) in [4.78, 5) is 19.6. The van der Waals surface area contributed by atoms with E-state index in [2.05, 4.69) is 6.07 Å². The number of carbonyl (C=O) groups is 1. The van der Waals surface area contributed by atoms with Crippen molar-refractivity contribution in [2.75, 3.05) is 13.1 Å². The summed E-state index contributed by atoms with van der Waals surface area (Å²) in [7, 11) is 0. The Morgan fingerprint density at radius 2 is 1.93 bits per heavy atom. The van der Waals surface area contributed by atoms with Crippen molar-refractivity contribution in [3.05, 3.63) is 77.2 Å². The Bertz CT molecular complexity index is 1130. The average Bonchev–Trinajstić information content (AvgIpc) is 3.41. The normalized spacial score (nSPS) is 17.0. The van der Waals surface area contributed by atoms with Gasteiger partial charge in [-0.25, -0.2) is 9.37 Å². The molecule has 1 aliphatic heterocycles. The average molecular weight is 406 g/mol. The van der Waals surface area contributed by atoms with E-state index in [1.54, 1.807) is 35.6 Å². The van der Waals surface area contributed by atoms with Crippen molar-refractivity contribution in [3.63, 3.8) is 0 Å². The van der Waals surface area contributed by atoms with Gasteiger partial charge in [0.2, 0.25) is 0 Å². The SMILES string of the molecule is O=C(c1ccc(-c2ccc(F)cc2)o1)N1CCC[C@@H](c2nc3ccccc3s2)C1. The summed E-state index contributed by atoms with van der Waals surface area (Å²) in [5, 5.41) is 1.09. The predicted molar refractivity (Wildman–Crippen MR) is 112 cm³/mol. The number of carbonyl (C=O) groups excluding carboxylic acids is 1. The third-order valence-corrected chi connectivity index (χ3v) is 6.51. The lowest BCUT2D eigenvalue weighted by Crippen LogP contribution is -2.38. The highest BCUT2D eigenvalue weighted by molar-refractivity contribution is 7.18. The summed E-state index contributed by atoms with van der Waals surface area (Å²) in [6.07, 6.45) is 1.97. The Morgan fingerprint density at radius 1 is 1.10 bits per heavy atom. The summed E-state index contributed by atoms with van der Waals surface area (Å²) in [6, 6.07) is 17.6. The quantitative estimate of drug-likeness (QED) is 0.437. The summed E-state index contributed by atoms with van der Waals surface area (Å²) < 4.78 is 20.1. The van der Waals surface area contributed by atoms with E-state index < -0.39 is 0 Å². The number of furan rings is 1. The molecule has 0 bridgehead atoms. The standard InChI is InChI=1S/C23H19FN2O2S/c24-17-9-7-15(8-10-17)19-11-12-20(28-19)23(27)26-13-3-4-16(14-26)22-25-18-5-1-2-6-21(18)29-22/h1-2,5-12,16H,3-4,13-14H2/t16-/m1/s1. The largest absolute Gasteiger partial charge is 0.451 e. The number of aromatic nitrogens is 1. The van der Waals surface area contributed by atoms with Gasteiger partial charge in [-0.1, -0.05) is 12.1 Å². The van der Waals surface area contributed by atoms with Crippen molar-refractivity contribution in [1.29, 1.82) is 0 Å². The minimum Gasteiger partial charge on any atom is -0.451 e. The molecular weight excluding hydrogens is 387 g/mol. The van der Waals surface area contributed by atoms with E-state index in [9.17, 15) is 9.18 Å². The fourth-order valence-electron chi connectivity index (χ4n) is 3.81. The molecule has 5 rings (SSSR count). The number of fused-ring (bicyclic) bond motifs is 1. The number of nitrogens with zero attached hydrogens (tertiary/aromatic N) is 2. The van der Waals surface area contributed by atoms with Crippen molar-refractivity contribution < 1.29 is 13.6 Å². The smallest absolute Gasteiger partial charge is 0.289 e. The zero-order valence-electron chi connectivity index (χ0n) is 15.7. The molecule has 0 spiro atoms. The second-order valence-electron chi connectivity index (χ2n) is 7.28. The highest BCUT2D eigenvalue weighted by atomic mass is 32.1. The van der Waals surface area contributed by atoms with E-state index in [0.29, 0.717) is 24.6 Å². The van der Waals surface area contributed by atoms with E-state index >= 15 is 0 Å². The van der Waals surface area contributed by atoms with Gasteiger partial charge in [0, 0.05) is 24.6 Å². The molecule has 0 radical (unpaired) electrons. The third kappa shape index (κ3) is 3.56. The molecule has 0 saturated carbocycles. The zero-order valence-corrected chi connectivity index (χ0v) is 16.5. The minimum absolute atomic E-state index is 0.107. The van der Waals surface area contributed by atoms with Gasteiger partial charge in [-0.05, 0) is 61.4 Å². The van der Waals surface area contributed by atoms with Crippen LogP contribution in [0.5, 0.6) is 0 Å². The molecule has 29 heavy (non-hydrogen) atoms. The number of benzene rings is 2. The Kier molecular flexibility index (Phi) is 4.64. The number of halogens is 1. The molecule has 2 aromatic heterocycles. The van der Waals surface area contributed by atoms with Gasteiger partial charge < -0.3 is 9.32 Å². The lowest BCUT2D eigenvalue weighted by atomic mass is 9.98. The fraction of sp³-hybridized carbons (Fsp3) is 0.217. The molecule has 1 aliphatic rings. The summed E-state index contributed by atoms with van der Waals surface area (Å²) >= 11 is 1.71. The number of thiazole rings is 1. The third-order valence-electron chi connectivity index (χ3n) is 5.31. The van der Waals surface area contributed by atoms with Crippen LogP contribution in [0.25, 0.3) is 21.5 Å². The van der Waals surface area contributed by atoms with Gasteiger partial charge in [0.05, 0.1) is 15.2 Å². The van der Waals surface area contributed by atoms with Crippen LogP contribution in [-0.2, 0) is 0 Å². The zero-order chi connectivity index (χ0) is 19.8. The van der Waals surface area contributed by atoms with Crippen LogP contribution in [0.3, 0.4) is 0 Å². The Balaban J connectivity index is 1.34. The Labute approximate surface area is 171 Å². The van der Waals surface area contributed by atoms with Gasteiger partial charge in [0.25, 0.3) is 5.91 Å². The van der Waals surface area contributed by atoms with Crippen molar-refractivity contribution in [2.24, 2.45) is 0 Å². The molecule has 2 aromatic carbocycles. The van der Waals surface area contributed by atoms with E-state index in [0.717, 1.165) is 28.9 Å². The number of amides is 1. The van der Waals surface area contributed by atoms with Gasteiger partial charge in [-0.15, -0.1) is 11.3 Å². The first-order chi connectivity index (χ1) is 14.2. The van der Waals surface area contributed by atoms with Crippen LogP contribution in [0.15, 0.2) is 65.1 Å². The van der Waals surface area contributed by atoms with Crippen LogP contribution in [0, 0.1) is 5.82 Å². The summed E-state index contributed by atoms with van der Waals surface area (Å²) in [6.45, 7) is 1.36. The van der Waals surface area contributed by atoms with Crippen molar-refractivity contribution >= 4 is 27.5 Å². The highest BCUT2D eigenvalue weighted by Gasteiger charge is 2.29. The molecular formula is C23H19FN2O2S.